The molecule has 0 spiro atoms. The SMILES string of the molecule is CC(=O)CCCCn1cc(-c2ccccc2)nn1. The van der Waals surface area contributed by atoms with Crippen LogP contribution in [0.4, 0.5) is 0 Å². The number of carbonyl (C=O) groups excluding carboxylic acids is 1. The highest BCUT2D eigenvalue weighted by Crippen LogP contribution is 2.14. The van der Waals surface area contributed by atoms with Crippen LogP contribution in [0.25, 0.3) is 11.3 Å². The zero-order valence-electron chi connectivity index (χ0n) is 10.5. The summed E-state index contributed by atoms with van der Waals surface area (Å²) in [6, 6.07) is 9.99. The quantitative estimate of drug-likeness (QED) is 0.733. The molecule has 0 bridgehead atoms. The molecule has 0 aliphatic heterocycles. The van der Waals surface area contributed by atoms with E-state index in [1.165, 1.54) is 0 Å². The molecule has 0 amide bonds. The van der Waals surface area contributed by atoms with Gasteiger partial charge in [0.05, 0.1) is 6.20 Å². The van der Waals surface area contributed by atoms with E-state index >= 15 is 0 Å². The fourth-order valence-corrected chi connectivity index (χ4v) is 1.80. The molecule has 0 unspecified atom stereocenters. The van der Waals surface area contributed by atoms with Crippen molar-refractivity contribution in [3.05, 3.63) is 36.5 Å². The predicted molar refractivity (Wildman–Crippen MR) is 70.0 cm³/mol. The van der Waals surface area contributed by atoms with Crippen LogP contribution in [-0.2, 0) is 11.3 Å². The van der Waals surface area contributed by atoms with Gasteiger partial charge in [0.1, 0.15) is 11.5 Å². The van der Waals surface area contributed by atoms with Gasteiger partial charge in [0, 0.05) is 18.5 Å². The number of unbranched alkanes of at least 4 members (excludes halogenated alkanes) is 1. The van der Waals surface area contributed by atoms with E-state index in [1.807, 2.05) is 41.2 Å². The van der Waals surface area contributed by atoms with Crippen molar-refractivity contribution in [3.63, 3.8) is 0 Å². The van der Waals surface area contributed by atoms with E-state index < -0.39 is 0 Å². The fraction of sp³-hybridized carbons (Fsp3) is 0.357. The van der Waals surface area contributed by atoms with Crippen LogP contribution >= 0.6 is 0 Å². The second-order valence-corrected chi connectivity index (χ2v) is 4.39. The van der Waals surface area contributed by atoms with Gasteiger partial charge in [-0.2, -0.15) is 0 Å². The van der Waals surface area contributed by atoms with Crippen molar-refractivity contribution in [1.29, 1.82) is 0 Å². The topological polar surface area (TPSA) is 47.8 Å². The largest absolute Gasteiger partial charge is 0.300 e. The van der Waals surface area contributed by atoms with Crippen LogP contribution in [0.3, 0.4) is 0 Å². The number of nitrogens with zero attached hydrogens (tertiary/aromatic N) is 3. The number of hydrogen-bond donors (Lipinski definition) is 0. The molecule has 1 heterocycles. The molecule has 4 nitrogen and oxygen atoms in total. The van der Waals surface area contributed by atoms with E-state index in [0.717, 1.165) is 30.6 Å². The third-order valence-electron chi connectivity index (χ3n) is 2.77. The summed E-state index contributed by atoms with van der Waals surface area (Å²) in [5, 5.41) is 8.24. The molecule has 0 atom stereocenters. The molecule has 0 radical (unpaired) electrons. The zero-order chi connectivity index (χ0) is 12.8. The van der Waals surface area contributed by atoms with Crippen LogP contribution in [0.2, 0.25) is 0 Å². The van der Waals surface area contributed by atoms with E-state index in [1.54, 1.807) is 6.92 Å². The summed E-state index contributed by atoms with van der Waals surface area (Å²) < 4.78 is 1.84. The minimum atomic E-state index is 0.249. The van der Waals surface area contributed by atoms with E-state index in [-0.39, 0.29) is 5.78 Å². The van der Waals surface area contributed by atoms with Crippen LogP contribution in [0, 0.1) is 0 Å². The summed E-state index contributed by atoms with van der Waals surface area (Å²) in [6.07, 6.45) is 4.47. The highest BCUT2D eigenvalue weighted by atomic mass is 16.1. The molecule has 2 rings (SSSR count). The Morgan fingerprint density at radius 3 is 2.72 bits per heavy atom. The molecule has 0 N–H and O–H groups in total. The summed E-state index contributed by atoms with van der Waals surface area (Å²) in [5.74, 6) is 0.249. The number of ketones is 1. The average Bonchev–Trinajstić information content (AvgIpc) is 2.84. The van der Waals surface area contributed by atoms with Crippen molar-refractivity contribution in [2.45, 2.75) is 32.7 Å². The first-order valence-electron chi connectivity index (χ1n) is 6.21. The molecule has 18 heavy (non-hydrogen) atoms. The lowest BCUT2D eigenvalue weighted by atomic mass is 10.2. The Labute approximate surface area is 107 Å². The first kappa shape index (κ1) is 12.5. The first-order chi connectivity index (χ1) is 8.75. The molecule has 0 aliphatic rings. The Hall–Kier alpha value is -1.97. The molecular weight excluding hydrogens is 226 g/mol. The maximum atomic E-state index is 10.8. The highest BCUT2D eigenvalue weighted by molar-refractivity contribution is 5.75. The van der Waals surface area contributed by atoms with Gasteiger partial charge >= 0.3 is 0 Å². The van der Waals surface area contributed by atoms with E-state index in [4.69, 9.17) is 0 Å². The minimum Gasteiger partial charge on any atom is -0.300 e. The van der Waals surface area contributed by atoms with Gasteiger partial charge in [-0.1, -0.05) is 35.5 Å². The Balaban J connectivity index is 1.89. The van der Waals surface area contributed by atoms with Crippen LogP contribution in [-0.4, -0.2) is 20.8 Å². The third-order valence-corrected chi connectivity index (χ3v) is 2.77. The van der Waals surface area contributed by atoms with E-state index in [9.17, 15) is 4.79 Å². The molecule has 94 valence electrons. The number of aromatic nitrogens is 3. The van der Waals surface area contributed by atoms with Gasteiger partial charge in [-0.3, -0.25) is 4.68 Å². The Morgan fingerprint density at radius 1 is 1.22 bits per heavy atom. The summed E-state index contributed by atoms with van der Waals surface area (Å²) >= 11 is 0. The van der Waals surface area contributed by atoms with E-state index in [2.05, 4.69) is 10.3 Å². The molecule has 1 aromatic carbocycles. The zero-order valence-corrected chi connectivity index (χ0v) is 10.5. The van der Waals surface area contributed by atoms with Crippen LogP contribution in [0.15, 0.2) is 36.5 Å². The first-order valence-corrected chi connectivity index (χ1v) is 6.21. The molecule has 0 fully saturated rings. The maximum absolute atomic E-state index is 10.8. The fourth-order valence-electron chi connectivity index (χ4n) is 1.80. The molecule has 0 saturated heterocycles. The van der Waals surface area contributed by atoms with Crippen molar-refractivity contribution in [1.82, 2.24) is 15.0 Å². The van der Waals surface area contributed by atoms with Gasteiger partial charge in [0.25, 0.3) is 0 Å². The number of aryl methyl sites for hydroxylation is 1. The van der Waals surface area contributed by atoms with Gasteiger partial charge < -0.3 is 4.79 Å². The Morgan fingerprint density at radius 2 is 2.00 bits per heavy atom. The van der Waals surface area contributed by atoms with Crippen LogP contribution in [0.1, 0.15) is 26.2 Å². The van der Waals surface area contributed by atoms with Crippen LogP contribution in [0.5, 0.6) is 0 Å². The minimum absolute atomic E-state index is 0.249. The molecule has 0 aliphatic carbocycles. The van der Waals surface area contributed by atoms with Gasteiger partial charge in [-0.15, -0.1) is 5.10 Å². The van der Waals surface area contributed by atoms with Crippen molar-refractivity contribution in [2.24, 2.45) is 0 Å². The van der Waals surface area contributed by atoms with Crippen LogP contribution < -0.4 is 0 Å². The van der Waals surface area contributed by atoms with Crippen molar-refractivity contribution in [2.75, 3.05) is 0 Å². The molecular formula is C14H17N3O. The van der Waals surface area contributed by atoms with Crippen molar-refractivity contribution in [3.8, 4) is 11.3 Å². The predicted octanol–water partition coefficient (Wildman–Crippen LogP) is 2.70. The lowest BCUT2D eigenvalue weighted by molar-refractivity contribution is -0.117. The standard InChI is InChI=1S/C14H17N3O/c1-12(18)7-5-6-10-17-11-14(15-16-17)13-8-3-2-4-9-13/h2-4,8-9,11H,5-7,10H2,1H3. The number of hydrogen-bond acceptors (Lipinski definition) is 3. The summed E-state index contributed by atoms with van der Waals surface area (Å²) in [5.41, 5.74) is 1.97. The molecule has 0 saturated carbocycles. The second-order valence-electron chi connectivity index (χ2n) is 4.39. The highest BCUT2D eigenvalue weighted by Gasteiger charge is 2.02. The monoisotopic (exact) mass is 243 g/mol. The number of carbonyl (C=O) groups is 1. The normalized spacial score (nSPS) is 10.5. The van der Waals surface area contributed by atoms with Crippen molar-refractivity contribution < 1.29 is 4.79 Å². The molecule has 4 heteroatoms. The Bertz CT molecular complexity index is 505. The third kappa shape index (κ3) is 3.52. The van der Waals surface area contributed by atoms with E-state index in [0.29, 0.717) is 6.42 Å². The lowest BCUT2D eigenvalue weighted by Crippen LogP contribution is -2.00. The van der Waals surface area contributed by atoms with Crippen molar-refractivity contribution >= 4 is 5.78 Å². The van der Waals surface area contributed by atoms with Gasteiger partial charge in [0.15, 0.2) is 0 Å². The van der Waals surface area contributed by atoms with Gasteiger partial charge in [0.2, 0.25) is 0 Å². The molecule has 1 aromatic heterocycles. The summed E-state index contributed by atoms with van der Waals surface area (Å²) in [7, 11) is 0. The summed E-state index contributed by atoms with van der Waals surface area (Å²) in [6.45, 7) is 2.44. The second kappa shape index (κ2) is 6.10. The molecule has 2 aromatic rings. The summed E-state index contributed by atoms with van der Waals surface area (Å²) in [4.78, 5) is 10.8. The maximum Gasteiger partial charge on any atom is 0.129 e. The average molecular weight is 243 g/mol. The number of Topliss-reactive ketones (excluding diaryl/α,β-unsaturated/α-hetero) is 1. The smallest absolute Gasteiger partial charge is 0.129 e. The number of benzene rings is 1. The lowest BCUT2D eigenvalue weighted by Gasteiger charge is -1.98. The number of rotatable bonds is 6. The van der Waals surface area contributed by atoms with Gasteiger partial charge in [-0.25, -0.2) is 0 Å². The Kier molecular flexibility index (Phi) is 4.23. The van der Waals surface area contributed by atoms with Gasteiger partial charge in [-0.05, 0) is 19.8 Å².